The quantitative estimate of drug-likeness (QED) is 0.0796. The minimum Gasteiger partial charge on any atom is -0.379 e. The normalized spacial score (nSPS) is 16.3. The number of amides is 2. The molecule has 9 rings (SSSR count). The maximum absolute atomic E-state index is 14.7. The first-order valence-corrected chi connectivity index (χ1v) is 25.9. The van der Waals surface area contributed by atoms with E-state index in [9.17, 15) is 22.8 Å². The number of nitrogens with zero attached hydrogens (tertiary/aromatic N) is 9. The summed E-state index contributed by atoms with van der Waals surface area (Å²) in [6, 6.07) is 23.8. The van der Waals surface area contributed by atoms with Gasteiger partial charge in [-0.15, -0.1) is 10.2 Å². The Morgan fingerprint density at radius 2 is 1.56 bits per heavy atom. The lowest BCUT2D eigenvalue weighted by molar-refractivity contribution is -0.136. The summed E-state index contributed by atoms with van der Waals surface area (Å²) in [5.74, 6) is 0.791. The number of hydrogen-bond acceptors (Lipinski definition) is 12. The number of aromatic nitrogens is 5. The van der Waals surface area contributed by atoms with Gasteiger partial charge in [-0.05, 0) is 104 Å². The molecule has 2 amide bonds. The van der Waals surface area contributed by atoms with Gasteiger partial charge in [0.2, 0.25) is 12.8 Å². The predicted octanol–water partition coefficient (Wildman–Crippen LogP) is 7.60. The second-order valence-corrected chi connectivity index (χ2v) is 19.5. The lowest BCUT2D eigenvalue weighted by Gasteiger charge is -2.41. The number of pyridine rings is 1. The number of ether oxygens (including phenoxy) is 2. The number of likely N-dealkylation sites (tertiary alicyclic amines) is 1. The summed E-state index contributed by atoms with van der Waals surface area (Å²) >= 11 is 0. The molecule has 0 spiro atoms. The minimum absolute atomic E-state index is 0.0342. The van der Waals surface area contributed by atoms with Gasteiger partial charge in [-0.25, -0.2) is 4.79 Å². The summed E-state index contributed by atoms with van der Waals surface area (Å²) in [5.41, 5.74) is 5.07. The van der Waals surface area contributed by atoms with Gasteiger partial charge in [0.15, 0.2) is 0 Å². The number of fused-ring (bicyclic) bond motifs is 1. The molecule has 3 aliphatic rings. The molecule has 0 radical (unpaired) electrons. The van der Waals surface area contributed by atoms with Crippen molar-refractivity contribution in [2.75, 3.05) is 69.3 Å². The largest absolute Gasteiger partial charge is 0.418 e. The first-order valence-electron chi connectivity index (χ1n) is 25.9. The van der Waals surface area contributed by atoms with Crippen LogP contribution in [-0.2, 0) is 63.8 Å². The van der Waals surface area contributed by atoms with Crippen LogP contribution in [0.15, 0.2) is 96.3 Å². The van der Waals surface area contributed by atoms with E-state index in [0.29, 0.717) is 69.4 Å². The van der Waals surface area contributed by atoms with E-state index in [1.54, 1.807) is 23.9 Å². The number of nitrogens with one attached hydrogen (secondary N) is 1. The fourth-order valence-electron chi connectivity index (χ4n) is 10.1. The SMILES string of the molecule is CC.CCCC(C)N(C)Cc1cc(N2CCN(c3ccc(COC4CCN(Cc5cc(C(F)(F)F)c6cn(-c7cccc(C8(Cc9nncn9C)COC8)c7)c(=O)n6c5)CC4)cc3)CC2)ccc1C=O.O=CNC=O. The number of piperidine rings is 1. The average molecular weight is 1040 g/mol. The molecule has 3 saturated heterocycles. The van der Waals surface area contributed by atoms with Gasteiger partial charge in [0.05, 0.1) is 42.7 Å². The Bertz CT molecular complexity index is 2880. The first-order chi connectivity index (χ1) is 36.2. The monoisotopic (exact) mass is 1040 g/mol. The number of carbonyl (C=O) groups excluding carboxylic acids is 3. The summed E-state index contributed by atoms with van der Waals surface area (Å²) in [7, 11) is 4.01. The van der Waals surface area contributed by atoms with Gasteiger partial charge in [-0.2, -0.15) is 13.2 Å². The fourth-order valence-corrected chi connectivity index (χ4v) is 10.1. The Morgan fingerprint density at radius 3 is 2.15 bits per heavy atom. The van der Waals surface area contributed by atoms with Crippen molar-refractivity contribution in [2.24, 2.45) is 7.05 Å². The average Bonchev–Trinajstić information content (AvgIpc) is 3.99. The highest BCUT2D eigenvalue weighted by molar-refractivity contribution is 5.78. The molecule has 3 fully saturated rings. The Balaban J connectivity index is 0.00000111. The van der Waals surface area contributed by atoms with Crippen LogP contribution in [0.3, 0.4) is 0 Å². The molecule has 402 valence electrons. The molecule has 1 N–H and O–H groups in total. The topological polar surface area (TPSA) is 152 Å². The molecule has 6 heterocycles. The maximum atomic E-state index is 14.7. The van der Waals surface area contributed by atoms with E-state index in [1.807, 2.05) is 49.7 Å². The van der Waals surface area contributed by atoms with Crippen LogP contribution in [0.4, 0.5) is 24.5 Å². The van der Waals surface area contributed by atoms with Crippen LogP contribution in [0.25, 0.3) is 11.2 Å². The van der Waals surface area contributed by atoms with Crippen molar-refractivity contribution in [3.63, 3.8) is 0 Å². The van der Waals surface area contributed by atoms with Crippen LogP contribution >= 0.6 is 0 Å². The summed E-state index contributed by atoms with van der Waals surface area (Å²) in [6.07, 6.45) is 5.77. The zero-order valence-corrected chi connectivity index (χ0v) is 44.0. The van der Waals surface area contributed by atoms with E-state index >= 15 is 0 Å². The van der Waals surface area contributed by atoms with Crippen molar-refractivity contribution in [3.05, 3.63) is 141 Å². The van der Waals surface area contributed by atoms with Crippen LogP contribution in [0.2, 0.25) is 0 Å². The summed E-state index contributed by atoms with van der Waals surface area (Å²) in [4.78, 5) is 53.2. The number of halogens is 3. The number of aldehydes is 1. The van der Waals surface area contributed by atoms with Gasteiger partial charge >= 0.3 is 11.9 Å². The molecule has 19 heteroatoms. The van der Waals surface area contributed by atoms with E-state index in [2.05, 4.69) is 87.1 Å². The molecular formula is C56H71F3N10O6. The molecular weight excluding hydrogens is 966 g/mol. The Labute approximate surface area is 437 Å². The van der Waals surface area contributed by atoms with Crippen LogP contribution in [-0.4, -0.2) is 124 Å². The predicted molar refractivity (Wildman–Crippen MR) is 283 cm³/mol. The highest BCUT2D eigenvalue weighted by atomic mass is 19.4. The number of alkyl halides is 3. The Hall–Kier alpha value is -6.67. The first kappa shape index (κ1) is 56.1. The third-order valence-electron chi connectivity index (χ3n) is 14.6. The van der Waals surface area contributed by atoms with Gasteiger partial charge in [0.25, 0.3) is 0 Å². The number of aryl methyl sites for hydroxylation is 1. The lowest BCUT2D eigenvalue weighted by atomic mass is 9.75. The van der Waals surface area contributed by atoms with Crippen molar-refractivity contribution >= 4 is 36.0 Å². The number of benzene rings is 3. The Morgan fingerprint density at radius 1 is 0.880 bits per heavy atom. The number of hydrogen-bond donors (Lipinski definition) is 1. The molecule has 3 aromatic carbocycles. The summed E-state index contributed by atoms with van der Waals surface area (Å²) in [6.45, 7) is 15.7. The molecule has 75 heavy (non-hydrogen) atoms. The number of anilines is 2. The zero-order chi connectivity index (χ0) is 53.7. The number of piperazine rings is 1. The van der Waals surface area contributed by atoms with Crippen molar-refractivity contribution in [1.29, 1.82) is 0 Å². The van der Waals surface area contributed by atoms with Crippen LogP contribution in [0.1, 0.15) is 97.4 Å². The van der Waals surface area contributed by atoms with Crippen molar-refractivity contribution in [1.82, 2.24) is 38.8 Å². The van der Waals surface area contributed by atoms with Crippen molar-refractivity contribution in [3.8, 4) is 5.69 Å². The minimum atomic E-state index is -4.67. The van der Waals surface area contributed by atoms with Crippen molar-refractivity contribution in [2.45, 2.75) is 103 Å². The van der Waals surface area contributed by atoms with Crippen LogP contribution in [0.5, 0.6) is 0 Å². The molecule has 0 saturated carbocycles. The highest BCUT2D eigenvalue weighted by Crippen LogP contribution is 2.37. The van der Waals surface area contributed by atoms with Gasteiger partial charge < -0.3 is 29.2 Å². The molecule has 1 unspecified atom stereocenters. The third-order valence-corrected chi connectivity index (χ3v) is 14.6. The van der Waals surface area contributed by atoms with Gasteiger partial charge in [0.1, 0.15) is 18.4 Å². The molecule has 1 atom stereocenters. The van der Waals surface area contributed by atoms with E-state index < -0.39 is 22.8 Å². The van der Waals surface area contributed by atoms with Gasteiger partial charge in [-0.1, -0.05) is 51.5 Å². The molecule has 3 aromatic heterocycles. The van der Waals surface area contributed by atoms with Crippen LogP contribution < -0.4 is 20.8 Å². The fraction of sp³-hybridized carbons (Fsp3) is 0.464. The zero-order valence-electron chi connectivity index (χ0n) is 44.0. The van der Waals surface area contributed by atoms with Gasteiger partial charge in [0, 0.05) is 107 Å². The molecule has 0 bridgehead atoms. The van der Waals surface area contributed by atoms with E-state index in [0.717, 1.165) is 103 Å². The van der Waals surface area contributed by atoms with Crippen molar-refractivity contribution < 1.29 is 37.0 Å². The third kappa shape index (κ3) is 13.6. The molecule has 3 aliphatic heterocycles. The number of imidazole rings is 1. The van der Waals surface area contributed by atoms with E-state index in [-0.39, 0.29) is 18.2 Å². The van der Waals surface area contributed by atoms with Gasteiger partial charge in [-0.3, -0.25) is 33.2 Å². The Kier molecular flexibility index (Phi) is 19.2. The molecule has 16 nitrogen and oxygen atoms in total. The molecule has 6 aromatic rings. The smallest absolute Gasteiger partial charge is 0.379 e. The van der Waals surface area contributed by atoms with Crippen LogP contribution in [0, 0.1) is 0 Å². The lowest BCUT2D eigenvalue weighted by Crippen LogP contribution is -2.49. The van der Waals surface area contributed by atoms with E-state index in [4.69, 9.17) is 19.1 Å². The number of imide groups is 1. The highest BCUT2D eigenvalue weighted by Gasteiger charge is 2.42. The summed E-state index contributed by atoms with van der Waals surface area (Å²) < 4.78 is 60.3. The number of rotatable bonds is 19. The second-order valence-electron chi connectivity index (χ2n) is 19.5. The standard InChI is InChI=1S/C52H62F3N9O4.C2H3NO2.C2H6/c1-5-7-37(2)58(3)30-41-25-44(15-12-40(41)32-65)62-22-20-61(21-23-62)43-13-10-38(11-14-43)33-68-46-16-18-60(19-17-46)28-39-24-47(52(53,54)55)48-31-63(50(66)64(48)29-39)45-9-6-8-42(26-45)51(34-67-35-51)27-49-57-56-36-59(49)4;4-1-3-2-5;1-2/h6,8-15,24-26,29,31-32,36-37,46H,5,7,16-23,27-28,30,33-35H2,1-4H3;1-2H,(H,3,4,5);1-2H3. The second kappa shape index (κ2) is 25.7. The van der Waals surface area contributed by atoms with E-state index in [1.165, 1.54) is 22.5 Å². The maximum Gasteiger partial charge on any atom is 0.418 e. The number of carbonyl (C=O) groups is 3. The molecule has 0 aliphatic carbocycles. The summed E-state index contributed by atoms with van der Waals surface area (Å²) in [5, 5.41) is 10.00.